The Kier molecular flexibility index (Phi) is 3.32. The molecule has 112 valence electrons. The summed E-state index contributed by atoms with van der Waals surface area (Å²) in [7, 11) is 0. The number of hydrogen-bond donors (Lipinski definition) is 3. The van der Waals surface area contributed by atoms with E-state index in [-0.39, 0.29) is 0 Å². The van der Waals surface area contributed by atoms with Gasteiger partial charge in [-0.2, -0.15) is 10.1 Å². The molecule has 2 heterocycles. The number of hydrogen-bond acceptors (Lipinski definition) is 5. The number of nitrogens with one attached hydrogen (secondary N) is 3. The summed E-state index contributed by atoms with van der Waals surface area (Å²) < 4.78 is 0. The van der Waals surface area contributed by atoms with Crippen LogP contribution in [0.15, 0.2) is 67.0 Å². The van der Waals surface area contributed by atoms with Crippen LogP contribution >= 0.6 is 0 Å². The number of H-pyrrole nitrogens is 1. The standard InChI is InChI=1S/C17H14N6/c1-2-6-12(7-3-1)20-16-14-8-4-5-9-15(14)22-17(23-16)21-13-10-18-19-11-13/h1-11H,(H,18,19)(H2,20,21,22,23). The zero-order valence-electron chi connectivity index (χ0n) is 12.2. The summed E-state index contributed by atoms with van der Waals surface area (Å²) >= 11 is 0. The second-order valence-corrected chi connectivity index (χ2v) is 5.02. The Labute approximate surface area is 132 Å². The van der Waals surface area contributed by atoms with E-state index in [0.717, 1.165) is 28.1 Å². The molecule has 0 saturated carbocycles. The first kappa shape index (κ1) is 13.3. The highest BCUT2D eigenvalue weighted by Gasteiger charge is 2.08. The van der Waals surface area contributed by atoms with Crippen molar-refractivity contribution in [3.63, 3.8) is 0 Å². The number of rotatable bonds is 4. The topological polar surface area (TPSA) is 78.5 Å². The molecule has 0 fully saturated rings. The number of nitrogens with zero attached hydrogens (tertiary/aromatic N) is 3. The first-order valence-electron chi connectivity index (χ1n) is 7.23. The van der Waals surface area contributed by atoms with E-state index in [4.69, 9.17) is 0 Å². The van der Waals surface area contributed by atoms with E-state index in [2.05, 4.69) is 30.8 Å². The van der Waals surface area contributed by atoms with Crippen molar-refractivity contribution < 1.29 is 0 Å². The fourth-order valence-electron chi connectivity index (χ4n) is 2.33. The zero-order valence-corrected chi connectivity index (χ0v) is 12.2. The lowest BCUT2D eigenvalue weighted by molar-refractivity contribution is 1.09. The lowest BCUT2D eigenvalue weighted by Crippen LogP contribution is -2.01. The Hall–Kier alpha value is -3.41. The van der Waals surface area contributed by atoms with Gasteiger partial charge in [0.15, 0.2) is 0 Å². The molecule has 2 aromatic carbocycles. The van der Waals surface area contributed by atoms with E-state index in [0.29, 0.717) is 5.95 Å². The van der Waals surface area contributed by atoms with Gasteiger partial charge < -0.3 is 10.6 Å². The monoisotopic (exact) mass is 302 g/mol. The number of anilines is 4. The molecule has 0 spiro atoms. The molecule has 0 saturated heterocycles. The van der Waals surface area contributed by atoms with Gasteiger partial charge >= 0.3 is 0 Å². The maximum absolute atomic E-state index is 4.60. The second-order valence-electron chi connectivity index (χ2n) is 5.02. The predicted octanol–water partition coefficient (Wildman–Crippen LogP) is 3.84. The minimum atomic E-state index is 0.517. The number of para-hydroxylation sites is 2. The van der Waals surface area contributed by atoms with Crippen molar-refractivity contribution in [3.05, 3.63) is 67.0 Å². The van der Waals surface area contributed by atoms with Crippen molar-refractivity contribution in [2.24, 2.45) is 0 Å². The molecule has 0 unspecified atom stereocenters. The van der Waals surface area contributed by atoms with E-state index in [9.17, 15) is 0 Å². The number of aromatic nitrogens is 4. The molecule has 3 N–H and O–H groups in total. The first-order chi connectivity index (χ1) is 11.4. The predicted molar refractivity (Wildman–Crippen MR) is 91.1 cm³/mol. The Balaban J connectivity index is 1.77. The lowest BCUT2D eigenvalue weighted by atomic mass is 10.2. The zero-order chi connectivity index (χ0) is 15.5. The Morgan fingerprint density at radius 1 is 0.783 bits per heavy atom. The van der Waals surface area contributed by atoms with E-state index < -0.39 is 0 Å². The maximum Gasteiger partial charge on any atom is 0.229 e. The molecule has 2 aromatic heterocycles. The summed E-state index contributed by atoms with van der Waals surface area (Å²) in [5, 5.41) is 14.1. The number of fused-ring (bicyclic) bond motifs is 1. The molecule has 0 atom stereocenters. The summed E-state index contributed by atoms with van der Waals surface area (Å²) in [6.45, 7) is 0. The normalized spacial score (nSPS) is 10.6. The van der Waals surface area contributed by atoms with Crippen molar-refractivity contribution in [3.8, 4) is 0 Å². The molecular formula is C17H14N6. The van der Waals surface area contributed by atoms with Crippen LogP contribution in [0.25, 0.3) is 10.9 Å². The molecule has 0 aliphatic heterocycles. The molecular weight excluding hydrogens is 288 g/mol. The summed E-state index contributed by atoms with van der Waals surface area (Å²) in [5.41, 5.74) is 2.66. The van der Waals surface area contributed by atoms with Crippen molar-refractivity contribution in [2.75, 3.05) is 10.6 Å². The van der Waals surface area contributed by atoms with Crippen LogP contribution in [0.3, 0.4) is 0 Å². The summed E-state index contributed by atoms with van der Waals surface area (Å²) in [4.78, 5) is 9.14. The summed E-state index contributed by atoms with van der Waals surface area (Å²) in [5.74, 6) is 1.27. The molecule has 0 aliphatic carbocycles. The fraction of sp³-hybridized carbons (Fsp3) is 0. The van der Waals surface area contributed by atoms with Gasteiger partial charge in [-0.05, 0) is 24.3 Å². The largest absolute Gasteiger partial charge is 0.340 e. The average molecular weight is 302 g/mol. The van der Waals surface area contributed by atoms with Crippen molar-refractivity contribution in [2.45, 2.75) is 0 Å². The molecule has 6 heteroatoms. The quantitative estimate of drug-likeness (QED) is 0.534. The third-order valence-electron chi connectivity index (χ3n) is 3.39. The molecule has 4 aromatic rings. The smallest absolute Gasteiger partial charge is 0.229 e. The molecule has 0 amide bonds. The lowest BCUT2D eigenvalue weighted by Gasteiger charge is -2.11. The molecule has 23 heavy (non-hydrogen) atoms. The maximum atomic E-state index is 4.60. The average Bonchev–Trinajstić information content (AvgIpc) is 3.09. The minimum Gasteiger partial charge on any atom is -0.340 e. The van der Waals surface area contributed by atoms with Gasteiger partial charge in [-0.15, -0.1) is 0 Å². The number of benzene rings is 2. The van der Waals surface area contributed by atoms with Crippen LogP contribution in [-0.2, 0) is 0 Å². The van der Waals surface area contributed by atoms with E-state index in [1.54, 1.807) is 12.4 Å². The highest BCUT2D eigenvalue weighted by Crippen LogP contribution is 2.25. The van der Waals surface area contributed by atoms with Crippen LogP contribution in [-0.4, -0.2) is 20.2 Å². The van der Waals surface area contributed by atoms with Crippen molar-refractivity contribution in [1.29, 1.82) is 0 Å². The van der Waals surface area contributed by atoms with Gasteiger partial charge in [0.25, 0.3) is 0 Å². The van der Waals surface area contributed by atoms with Crippen LogP contribution < -0.4 is 10.6 Å². The van der Waals surface area contributed by atoms with E-state index in [1.165, 1.54) is 0 Å². The Morgan fingerprint density at radius 3 is 2.43 bits per heavy atom. The van der Waals surface area contributed by atoms with E-state index in [1.807, 2.05) is 54.6 Å². The van der Waals surface area contributed by atoms with Crippen molar-refractivity contribution >= 4 is 34.0 Å². The minimum absolute atomic E-state index is 0.517. The molecule has 4 rings (SSSR count). The van der Waals surface area contributed by atoms with Crippen LogP contribution in [0.1, 0.15) is 0 Å². The van der Waals surface area contributed by atoms with Crippen molar-refractivity contribution in [1.82, 2.24) is 20.2 Å². The van der Waals surface area contributed by atoms with Crippen LogP contribution in [0, 0.1) is 0 Å². The van der Waals surface area contributed by atoms with E-state index >= 15 is 0 Å². The summed E-state index contributed by atoms with van der Waals surface area (Å²) in [6.07, 6.45) is 3.44. The van der Waals surface area contributed by atoms with Gasteiger partial charge in [0.1, 0.15) is 5.82 Å². The van der Waals surface area contributed by atoms with Gasteiger partial charge in [-0.1, -0.05) is 30.3 Å². The fourth-order valence-corrected chi connectivity index (χ4v) is 2.33. The second kappa shape index (κ2) is 5.76. The Morgan fingerprint density at radius 2 is 1.61 bits per heavy atom. The Bertz CT molecular complexity index is 918. The SMILES string of the molecule is c1ccc(Nc2nc(Nc3cn[nH]c3)nc3ccccc23)cc1. The first-order valence-corrected chi connectivity index (χ1v) is 7.23. The summed E-state index contributed by atoms with van der Waals surface area (Å²) in [6, 6.07) is 17.9. The molecule has 0 radical (unpaired) electrons. The van der Waals surface area contributed by atoms with Gasteiger partial charge in [0.2, 0.25) is 5.95 Å². The molecule has 6 nitrogen and oxygen atoms in total. The molecule has 0 aliphatic rings. The third kappa shape index (κ3) is 2.82. The van der Waals surface area contributed by atoms with Crippen LogP contribution in [0.2, 0.25) is 0 Å². The third-order valence-corrected chi connectivity index (χ3v) is 3.39. The van der Waals surface area contributed by atoms with Gasteiger partial charge in [-0.3, -0.25) is 5.10 Å². The van der Waals surface area contributed by atoms with Gasteiger partial charge in [-0.25, -0.2) is 4.98 Å². The highest BCUT2D eigenvalue weighted by molar-refractivity contribution is 5.91. The number of aromatic amines is 1. The highest BCUT2D eigenvalue weighted by atomic mass is 15.2. The van der Waals surface area contributed by atoms with Gasteiger partial charge in [0, 0.05) is 17.3 Å². The van der Waals surface area contributed by atoms with Gasteiger partial charge in [0.05, 0.1) is 17.4 Å². The van der Waals surface area contributed by atoms with Crippen LogP contribution in [0.4, 0.5) is 23.1 Å². The van der Waals surface area contributed by atoms with Crippen LogP contribution in [0.5, 0.6) is 0 Å². The molecule has 0 bridgehead atoms.